The summed E-state index contributed by atoms with van der Waals surface area (Å²) in [5.41, 5.74) is 0.775. The van der Waals surface area contributed by atoms with Crippen LogP contribution in [0.2, 0.25) is 0 Å². The first-order valence-corrected chi connectivity index (χ1v) is 5.18. The molecule has 0 aliphatic heterocycles. The summed E-state index contributed by atoms with van der Waals surface area (Å²) < 4.78 is 23.2. The maximum absolute atomic E-state index is 13.0. The van der Waals surface area contributed by atoms with Crippen molar-refractivity contribution in [3.8, 4) is 5.75 Å². The Labute approximate surface area is 102 Å². The van der Waals surface area contributed by atoms with Crippen LogP contribution < -0.4 is 4.74 Å². The number of halogens is 1. The lowest BCUT2D eigenvalue weighted by Crippen LogP contribution is -1.96. The Bertz CT molecular complexity index is 579. The van der Waals surface area contributed by atoms with Crippen LogP contribution in [0.3, 0.4) is 0 Å². The molecule has 0 amide bonds. The van der Waals surface area contributed by atoms with E-state index in [-0.39, 0.29) is 12.5 Å². The van der Waals surface area contributed by atoms with Gasteiger partial charge in [0.15, 0.2) is 0 Å². The molecule has 0 unspecified atom stereocenters. The number of benzene rings is 1. The number of aryl methyl sites for hydroxylation is 1. The first-order valence-electron chi connectivity index (χ1n) is 5.18. The van der Waals surface area contributed by atoms with Crippen LogP contribution in [-0.2, 0) is 6.61 Å². The molecule has 0 N–H and O–H groups in total. The van der Waals surface area contributed by atoms with Gasteiger partial charge in [-0.1, -0.05) is 6.07 Å². The fourth-order valence-corrected chi connectivity index (χ4v) is 1.42. The predicted octanol–water partition coefficient (Wildman–Crippen LogP) is 3.21. The summed E-state index contributed by atoms with van der Waals surface area (Å²) in [7, 11) is 0. The molecule has 0 spiro atoms. The molecule has 0 aliphatic carbocycles. The molecule has 6 heteroatoms. The van der Waals surface area contributed by atoms with E-state index in [1.165, 1.54) is 24.3 Å². The molecule has 0 aliphatic rings. The zero-order valence-corrected chi connectivity index (χ0v) is 9.55. The zero-order valence-electron chi connectivity index (χ0n) is 9.55. The summed E-state index contributed by atoms with van der Waals surface area (Å²) in [5, 5.41) is 10.4. The van der Waals surface area contributed by atoms with Gasteiger partial charge in [0.25, 0.3) is 0 Å². The van der Waals surface area contributed by atoms with E-state index in [0.29, 0.717) is 11.5 Å². The predicted molar refractivity (Wildman–Crippen MR) is 60.8 cm³/mol. The third-order valence-corrected chi connectivity index (χ3v) is 2.35. The van der Waals surface area contributed by atoms with Gasteiger partial charge in [-0.25, -0.2) is 4.39 Å². The van der Waals surface area contributed by atoms with E-state index in [1.807, 2.05) is 0 Å². The minimum atomic E-state index is -0.628. The highest BCUT2D eigenvalue weighted by Crippen LogP contribution is 2.22. The average molecular weight is 251 g/mol. The van der Waals surface area contributed by atoms with Crippen LogP contribution in [0, 0.1) is 22.9 Å². The second-order valence-electron chi connectivity index (χ2n) is 3.70. The van der Waals surface area contributed by atoms with Gasteiger partial charge in [-0.2, -0.15) is 0 Å². The number of rotatable bonds is 4. The van der Waals surface area contributed by atoms with E-state index in [1.54, 1.807) is 13.0 Å². The van der Waals surface area contributed by atoms with E-state index >= 15 is 0 Å². The first-order chi connectivity index (χ1) is 8.56. The molecule has 0 saturated heterocycles. The lowest BCUT2D eigenvalue weighted by molar-refractivity contribution is -0.402. The standard InChI is InChI=1S/C12H10FNO4/c1-8-2-3-9(13)6-11(8)17-7-10-4-5-12(18-10)14(15)16/h2-6H,7H2,1H3. The van der Waals surface area contributed by atoms with Gasteiger partial charge in [0.05, 0.1) is 6.07 Å². The largest absolute Gasteiger partial charge is 0.485 e. The van der Waals surface area contributed by atoms with E-state index in [9.17, 15) is 14.5 Å². The smallest absolute Gasteiger partial charge is 0.433 e. The van der Waals surface area contributed by atoms with Gasteiger partial charge < -0.3 is 9.15 Å². The van der Waals surface area contributed by atoms with E-state index in [0.717, 1.165) is 5.56 Å². The fraction of sp³-hybridized carbons (Fsp3) is 0.167. The number of hydrogen-bond donors (Lipinski definition) is 0. The summed E-state index contributed by atoms with van der Waals surface area (Å²) in [6.45, 7) is 1.79. The maximum atomic E-state index is 13.0. The molecule has 1 aromatic carbocycles. The van der Waals surface area contributed by atoms with Crippen molar-refractivity contribution < 1.29 is 18.5 Å². The topological polar surface area (TPSA) is 65.5 Å². The molecule has 1 aromatic heterocycles. The quantitative estimate of drug-likeness (QED) is 0.618. The summed E-state index contributed by atoms with van der Waals surface area (Å²) in [6, 6.07) is 6.88. The maximum Gasteiger partial charge on any atom is 0.433 e. The highest BCUT2D eigenvalue weighted by atomic mass is 19.1. The highest BCUT2D eigenvalue weighted by Gasteiger charge is 2.12. The Morgan fingerprint density at radius 1 is 1.39 bits per heavy atom. The Hall–Kier alpha value is -2.37. The monoisotopic (exact) mass is 251 g/mol. The van der Waals surface area contributed by atoms with Gasteiger partial charge in [-0.05, 0) is 24.6 Å². The summed E-state index contributed by atoms with van der Waals surface area (Å²) in [5.74, 6) is -0.0509. The molecule has 0 atom stereocenters. The normalized spacial score (nSPS) is 10.3. The molecule has 0 fully saturated rings. The van der Waals surface area contributed by atoms with Gasteiger partial charge >= 0.3 is 5.88 Å². The summed E-state index contributed by atoms with van der Waals surface area (Å²) in [6.07, 6.45) is 0. The molecule has 1 heterocycles. The lowest BCUT2D eigenvalue weighted by Gasteiger charge is -2.07. The number of ether oxygens (including phenoxy) is 1. The van der Waals surface area contributed by atoms with E-state index in [4.69, 9.17) is 9.15 Å². The Balaban J connectivity index is 2.06. The van der Waals surface area contributed by atoms with E-state index in [2.05, 4.69) is 0 Å². The molecule has 18 heavy (non-hydrogen) atoms. The van der Waals surface area contributed by atoms with Crippen molar-refractivity contribution in [2.75, 3.05) is 0 Å². The van der Waals surface area contributed by atoms with Crippen molar-refractivity contribution >= 4 is 5.88 Å². The van der Waals surface area contributed by atoms with Crippen molar-refractivity contribution in [2.45, 2.75) is 13.5 Å². The van der Waals surface area contributed by atoms with Gasteiger partial charge in [0.2, 0.25) is 0 Å². The average Bonchev–Trinajstić information content (AvgIpc) is 2.79. The second kappa shape index (κ2) is 4.87. The SMILES string of the molecule is Cc1ccc(F)cc1OCc1ccc([N+](=O)[O-])o1. The number of nitro groups is 1. The van der Waals surface area contributed by atoms with Crippen LogP contribution in [0.5, 0.6) is 5.75 Å². The number of furan rings is 1. The first kappa shape index (κ1) is 12.1. The van der Waals surface area contributed by atoms with Crippen molar-refractivity contribution in [2.24, 2.45) is 0 Å². The zero-order chi connectivity index (χ0) is 13.1. The van der Waals surface area contributed by atoms with Crippen LogP contribution in [0.25, 0.3) is 0 Å². The van der Waals surface area contributed by atoms with Crippen LogP contribution in [0.15, 0.2) is 34.7 Å². The van der Waals surface area contributed by atoms with Crippen molar-refractivity contribution in [3.63, 3.8) is 0 Å². The molecule has 2 rings (SSSR count). The summed E-state index contributed by atoms with van der Waals surface area (Å²) in [4.78, 5) is 9.78. The summed E-state index contributed by atoms with van der Waals surface area (Å²) >= 11 is 0. The molecule has 5 nitrogen and oxygen atoms in total. The molecular weight excluding hydrogens is 241 g/mol. The Kier molecular flexibility index (Phi) is 3.27. The second-order valence-corrected chi connectivity index (χ2v) is 3.70. The Morgan fingerprint density at radius 2 is 2.17 bits per heavy atom. The minimum absolute atomic E-state index is 0.0120. The molecular formula is C12H10FNO4. The fourth-order valence-electron chi connectivity index (χ4n) is 1.42. The minimum Gasteiger partial charge on any atom is -0.485 e. The van der Waals surface area contributed by atoms with E-state index < -0.39 is 10.7 Å². The molecule has 94 valence electrons. The van der Waals surface area contributed by atoms with Crippen LogP contribution in [0.1, 0.15) is 11.3 Å². The molecule has 2 aromatic rings. The van der Waals surface area contributed by atoms with Crippen LogP contribution >= 0.6 is 0 Å². The highest BCUT2D eigenvalue weighted by molar-refractivity contribution is 5.32. The Morgan fingerprint density at radius 3 is 2.83 bits per heavy atom. The third kappa shape index (κ3) is 2.65. The van der Waals surface area contributed by atoms with Crippen LogP contribution in [-0.4, -0.2) is 4.92 Å². The lowest BCUT2D eigenvalue weighted by atomic mass is 10.2. The number of nitrogens with zero attached hydrogens (tertiary/aromatic N) is 1. The third-order valence-electron chi connectivity index (χ3n) is 2.35. The van der Waals surface area contributed by atoms with Crippen LogP contribution in [0.4, 0.5) is 10.3 Å². The number of hydrogen-bond acceptors (Lipinski definition) is 4. The van der Waals surface area contributed by atoms with Crippen molar-refractivity contribution in [1.29, 1.82) is 0 Å². The van der Waals surface area contributed by atoms with Gasteiger partial charge in [0, 0.05) is 6.07 Å². The molecule has 0 radical (unpaired) electrons. The molecule has 0 saturated carbocycles. The van der Waals surface area contributed by atoms with Gasteiger partial charge in [-0.15, -0.1) is 0 Å². The van der Waals surface area contributed by atoms with Gasteiger partial charge in [-0.3, -0.25) is 10.1 Å². The molecule has 0 bridgehead atoms. The van der Waals surface area contributed by atoms with Gasteiger partial charge in [0.1, 0.15) is 28.9 Å². The van der Waals surface area contributed by atoms with Crippen molar-refractivity contribution in [3.05, 3.63) is 57.6 Å². The van der Waals surface area contributed by atoms with Crippen molar-refractivity contribution in [1.82, 2.24) is 0 Å².